The fourth-order valence-corrected chi connectivity index (χ4v) is 4.93. The van der Waals surface area contributed by atoms with E-state index in [1.807, 2.05) is 38.1 Å². The SMILES string of the molecule is [2H]CCC(=O)CC[C@H](NC(=O)COCCNC(=O)c1ccc(CC)cc1)C(=O)CC[2H].[2H]CCC(=O)C[C@H](NC(=O)COCCNC(=O)c1ccc(CC)cc1)C(=O)CC[2H]. The zero-order valence-corrected chi connectivity index (χ0v) is 33.3. The molecule has 57 heavy (non-hydrogen) atoms. The molecule has 0 saturated heterocycles. The smallest absolute Gasteiger partial charge is 0.251 e. The first-order valence-electron chi connectivity index (χ1n) is 21.9. The predicted octanol–water partition coefficient (Wildman–Crippen LogP) is 4.05. The number of rotatable bonds is 27. The summed E-state index contributed by atoms with van der Waals surface area (Å²) in [7, 11) is 0. The Morgan fingerprint density at radius 3 is 1.44 bits per heavy atom. The standard InChI is InChI=1S/C22H32N2O5.C21H30N2O5/c1-4-16-7-9-17(10-8-16)22(28)23-13-14-29-15-21(27)24-19(20(26)6-3)12-11-18(25)5-2;1-4-15-7-9-16(10-8-15)21(27)22-11-12-28-14-20(26)23-18(19(25)6-3)13-17(24)5-2/h7-10,19H,4-6,11-15H2,1-3H3,(H,23,28)(H,24,27);7-10,18H,4-6,11-14H2,1-3H3,(H,22,27)(H,23,26)/t19-;18-/m00/s1/i2*2D,3D. The van der Waals surface area contributed by atoms with Crippen LogP contribution in [0.25, 0.3) is 0 Å². The van der Waals surface area contributed by atoms with Crippen LogP contribution in [0.15, 0.2) is 48.5 Å². The number of amides is 4. The maximum absolute atomic E-state index is 12.1. The van der Waals surface area contributed by atoms with Crippen molar-refractivity contribution in [1.29, 1.82) is 0 Å². The summed E-state index contributed by atoms with van der Waals surface area (Å²) in [6.45, 7) is 3.82. The van der Waals surface area contributed by atoms with Gasteiger partial charge in [-0.1, -0.05) is 65.7 Å². The predicted molar refractivity (Wildman–Crippen MR) is 217 cm³/mol. The molecule has 0 aliphatic carbocycles. The molecule has 0 fully saturated rings. The average Bonchev–Trinajstić information content (AvgIpc) is 3.25. The summed E-state index contributed by atoms with van der Waals surface area (Å²) in [5, 5.41) is 10.4. The van der Waals surface area contributed by atoms with E-state index in [0.717, 1.165) is 24.0 Å². The second-order valence-corrected chi connectivity index (χ2v) is 12.7. The van der Waals surface area contributed by atoms with Crippen molar-refractivity contribution in [1.82, 2.24) is 21.3 Å². The molecule has 4 N–H and O–H groups in total. The normalized spacial score (nSPS) is 12.5. The van der Waals surface area contributed by atoms with Gasteiger partial charge in [-0.2, -0.15) is 0 Å². The second-order valence-electron chi connectivity index (χ2n) is 12.7. The first-order chi connectivity index (χ1) is 29.3. The van der Waals surface area contributed by atoms with Gasteiger partial charge in [-0.25, -0.2) is 0 Å². The Hall–Kier alpha value is -5.08. The third-order valence-corrected chi connectivity index (χ3v) is 8.42. The molecule has 0 unspecified atom stereocenters. The highest BCUT2D eigenvalue weighted by Gasteiger charge is 2.22. The van der Waals surface area contributed by atoms with Gasteiger partial charge in [0.1, 0.15) is 24.8 Å². The number of nitrogens with one attached hydrogen (secondary N) is 4. The van der Waals surface area contributed by atoms with E-state index in [1.165, 1.54) is 0 Å². The number of ether oxygens (including phenoxy) is 2. The molecule has 314 valence electrons. The minimum absolute atomic E-state index is 0.00897. The Kier molecular flexibility index (Phi) is 22.1. The fraction of sp³-hybridized carbons (Fsp3) is 0.535. The molecule has 14 heteroatoms. The fourth-order valence-electron chi connectivity index (χ4n) is 4.93. The van der Waals surface area contributed by atoms with Crippen molar-refractivity contribution in [3.63, 3.8) is 0 Å². The number of carbonyl (C=O) groups excluding carboxylic acids is 8. The molecule has 0 aromatic heterocycles. The van der Waals surface area contributed by atoms with Crippen LogP contribution >= 0.6 is 0 Å². The summed E-state index contributed by atoms with van der Waals surface area (Å²) in [5.74, 6) is -2.64. The molecule has 2 rings (SSSR count). The number of hydrogen-bond donors (Lipinski definition) is 4. The van der Waals surface area contributed by atoms with Crippen LogP contribution < -0.4 is 21.3 Å². The van der Waals surface area contributed by atoms with Gasteiger partial charge < -0.3 is 30.7 Å². The number of carbonyl (C=O) groups is 8. The van der Waals surface area contributed by atoms with E-state index in [2.05, 4.69) is 21.3 Å². The van der Waals surface area contributed by atoms with Crippen molar-refractivity contribution in [2.24, 2.45) is 0 Å². The Balaban J connectivity index is 0.000000610. The Morgan fingerprint density at radius 1 is 0.579 bits per heavy atom. The van der Waals surface area contributed by atoms with Crippen molar-refractivity contribution in [2.45, 2.75) is 111 Å². The quantitative estimate of drug-likeness (QED) is 0.0956. The molecule has 4 amide bonds. The first kappa shape index (κ1) is 43.1. The summed E-state index contributed by atoms with van der Waals surface area (Å²) in [6, 6.07) is 12.7. The zero-order valence-electron chi connectivity index (χ0n) is 37.3. The van der Waals surface area contributed by atoms with Crippen LogP contribution in [0.5, 0.6) is 0 Å². The van der Waals surface area contributed by atoms with Crippen molar-refractivity contribution >= 4 is 46.8 Å². The van der Waals surface area contributed by atoms with E-state index in [9.17, 15) is 38.4 Å². The van der Waals surface area contributed by atoms with E-state index < -0.39 is 29.7 Å². The second kappa shape index (κ2) is 29.2. The van der Waals surface area contributed by atoms with Crippen LogP contribution in [0.2, 0.25) is 0 Å². The third-order valence-electron chi connectivity index (χ3n) is 8.42. The summed E-state index contributed by atoms with van der Waals surface area (Å²) in [5.41, 5.74) is 3.37. The lowest BCUT2D eigenvalue weighted by molar-refractivity contribution is -0.132. The Morgan fingerprint density at radius 2 is 1.00 bits per heavy atom. The highest BCUT2D eigenvalue weighted by atomic mass is 16.5. The van der Waals surface area contributed by atoms with Crippen LogP contribution in [0.4, 0.5) is 0 Å². The number of benzene rings is 2. The van der Waals surface area contributed by atoms with Gasteiger partial charge in [-0.05, 0) is 54.7 Å². The van der Waals surface area contributed by atoms with Gasteiger partial charge in [0.2, 0.25) is 11.8 Å². The Bertz CT molecular complexity index is 1680. The maximum Gasteiger partial charge on any atom is 0.251 e. The monoisotopic (exact) mass is 798 g/mol. The van der Waals surface area contributed by atoms with Gasteiger partial charge in [0.15, 0.2) is 11.6 Å². The summed E-state index contributed by atoms with van der Waals surface area (Å²) >= 11 is 0. The molecule has 0 aliphatic rings. The van der Waals surface area contributed by atoms with Gasteiger partial charge in [0, 0.05) is 68.2 Å². The van der Waals surface area contributed by atoms with Gasteiger partial charge in [-0.3, -0.25) is 38.4 Å². The molecular weight excluding hydrogens is 732 g/mol. The van der Waals surface area contributed by atoms with Gasteiger partial charge in [-0.15, -0.1) is 0 Å². The molecule has 2 aromatic carbocycles. The van der Waals surface area contributed by atoms with Gasteiger partial charge in [0.25, 0.3) is 11.8 Å². The van der Waals surface area contributed by atoms with Crippen LogP contribution in [0.1, 0.15) is 124 Å². The minimum atomic E-state index is -1.00. The lowest BCUT2D eigenvalue weighted by Crippen LogP contribution is -2.43. The third kappa shape index (κ3) is 21.1. The molecule has 0 radical (unpaired) electrons. The van der Waals surface area contributed by atoms with Crippen molar-refractivity contribution in [3.8, 4) is 0 Å². The van der Waals surface area contributed by atoms with Crippen LogP contribution in [0.3, 0.4) is 0 Å². The van der Waals surface area contributed by atoms with E-state index >= 15 is 0 Å². The summed E-state index contributed by atoms with van der Waals surface area (Å²) in [4.78, 5) is 95.6. The van der Waals surface area contributed by atoms with Crippen molar-refractivity contribution in [2.75, 3.05) is 39.5 Å². The van der Waals surface area contributed by atoms with Crippen LogP contribution in [-0.4, -0.2) is 98.4 Å². The van der Waals surface area contributed by atoms with Crippen molar-refractivity contribution < 1.29 is 53.3 Å². The lowest BCUT2D eigenvalue weighted by Gasteiger charge is -2.16. The number of ketones is 4. The molecule has 0 aliphatic heterocycles. The topological polar surface area (TPSA) is 203 Å². The zero-order chi connectivity index (χ0) is 45.4. The number of hydrogen-bond acceptors (Lipinski definition) is 10. The van der Waals surface area contributed by atoms with E-state index in [-0.39, 0.29) is 141 Å². The van der Waals surface area contributed by atoms with E-state index in [4.69, 9.17) is 15.0 Å². The highest BCUT2D eigenvalue weighted by molar-refractivity contribution is 5.95. The molecule has 0 saturated carbocycles. The number of aryl methyl sites for hydroxylation is 2. The van der Waals surface area contributed by atoms with Gasteiger partial charge >= 0.3 is 0 Å². The molecule has 0 bridgehead atoms. The van der Waals surface area contributed by atoms with E-state index in [0.29, 0.717) is 11.1 Å². The maximum atomic E-state index is 12.1. The molecule has 0 spiro atoms. The largest absolute Gasteiger partial charge is 0.370 e. The van der Waals surface area contributed by atoms with Crippen LogP contribution in [-0.2, 0) is 51.1 Å². The number of Topliss-reactive ketones (excluding diaryl/α,β-unsaturated/α-hetero) is 4. The molecule has 2 atom stereocenters. The molecule has 2 aromatic rings. The van der Waals surface area contributed by atoms with E-state index in [1.54, 1.807) is 24.3 Å². The molecular formula is C43H62N4O10. The first-order valence-corrected chi connectivity index (χ1v) is 19.1. The lowest BCUT2D eigenvalue weighted by atomic mass is 10.0. The summed E-state index contributed by atoms with van der Waals surface area (Å²) < 4.78 is 38.9. The minimum Gasteiger partial charge on any atom is -0.370 e. The van der Waals surface area contributed by atoms with Crippen LogP contribution in [0, 0.1) is 0 Å². The van der Waals surface area contributed by atoms with Crippen molar-refractivity contribution in [3.05, 3.63) is 70.8 Å². The summed E-state index contributed by atoms with van der Waals surface area (Å²) in [6.07, 6.45) is 1.91. The Labute approximate surface area is 342 Å². The molecule has 0 heterocycles. The molecule has 14 nitrogen and oxygen atoms in total. The highest BCUT2D eigenvalue weighted by Crippen LogP contribution is 2.07. The van der Waals surface area contributed by atoms with Gasteiger partial charge in [0.05, 0.1) is 25.3 Å². The average molecular weight is 799 g/mol.